The molecule has 0 aliphatic carbocycles. The standard InChI is InChI=1S/C25H26ClN3/c1-2-29-24-9-4-3-8-22(24)23-16-19(10-11-25(23)29)18-27-12-14-28(15-13-27)21-7-5-6-20(26)17-21/h3-11,16-17H,2,12-15,18H2,1H3. The number of aryl methyl sites for hydroxylation is 1. The SMILES string of the molecule is CCn1c2ccccc2c2cc(CN3CCN(c4cccc(Cl)c4)CC3)ccc21. The van der Waals surface area contributed by atoms with Gasteiger partial charge in [-0.15, -0.1) is 0 Å². The largest absolute Gasteiger partial charge is 0.369 e. The number of benzene rings is 3. The van der Waals surface area contributed by atoms with Gasteiger partial charge in [-0.25, -0.2) is 0 Å². The molecule has 29 heavy (non-hydrogen) atoms. The molecule has 0 amide bonds. The van der Waals surface area contributed by atoms with Crippen LogP contribution in [0.1, 0.15) is 12.5 Å². The summed E-state index contributed by atoms with van der Waals surface area (Å²) >= 11 is 6.16. The molecule has 1 fully saturated rings. The van der Waals surface area contributed by atoms with Gasteiger partial charge in [0.2, 0.25) is 0 Å². The van der Waals surface area contributed by atoms with Gasteiger partial charge < -0.3 is 9.47 Å². The van der Waals surface area contributed by atoms with Gasteiger partial charge in [0.05, 0.1) is 0 Å². The van der Waals surface area contributed by atoms with Crippen molar-refractivity contribution in [2.45, 2.75) is 20.0 Å². The maximum absolute atomic E-state index is 6.16. The Balaban J connectivity index is 1.34. The number of hydrogen-bond acceptors (Lipinski definition) is 2. The van der Waals surface area contributed by atoms with Crippen LogP contribution in [0.4, 0.5) is 5.69 Å². The Morgan fingerprint density at radius 2 is 1.59 bits per heavy atom. The molecule has 1 aromatic heterocycles. The van der Waals surface area contributed by atoms with Crippen LogP contribution < -0.4 is 4.90 Å². The number of fused-ring (bicyclic) bond motifs is 3. The van der Waals surface area contributed by atoms with Gasteiger partial charge in [0.1, 0.15) is 0 Å². The summed E-state index contributed by atoms with van der Waals surface area (Å²) in [7, 11) is 0. The Bertz CT molecular complexity index is 1160. The van der Waals surface area contributed by atoms with Crippen LogP contribution in [-0.4, -0.2) is 35.6 Å². The van der Waals surface area contributed by atoms with Crippen molar-refractivity contribution in [1.29, 1.82) is 0 Å². The summed E-state index contributed by atoms with van der Waals surface area (Å²) in [6.07, 6.45) is 0. The average Bonchev–Trinajstić information content (AvgIpc) is 3.07. The normalized spacial score (nSPS) is 15.4. The summed E-state index contributed by atoms with van der Waals surface area (Å²) in [6, 6.07) is 23.9. The van der Waals surface area contributed by atoms with E-state index in [0.29, 0.717) is 0 Å². The Hall–Kier alpha value is -2.49. The highest BCUT2D eigenvalue weighted by molar-refractivity contribution is 6.30. The number of rotatable bonds is 4. The lowest BCUT2D eigenvalue weighted by Crippen LogP contribution is -2.45. The summed E-state index contributed by atoms with van der Waals surface area (Å²) < 4.78 is 2.41. The third-order valence-electron chi connectivity index (χ3n) is 6.10. The molecule has 0 N–H and O–H groups in total. The number of anilines is 1. The minimum Gasteiger partial charge on any atom is -0.369 e. The maximum Gasteiger partial charge on any atom is 0.0491 e. The van der Waals surface area contributed by atoms with E-state index in [1.165, 1.54) is 33.1 Å². The van der Waals surface area contributed by atoms with Gasteiger partial charge in [0.15, 0.2) is 0 Å². The zero-order valence-electron chi connectivity index (χ0n) is 16.8. The van der Waals surface area contributed by atoms with E-state index >= 15 is 0 Å². The highest BCUT2D eigenvalue weighted by Crippen LogP contribution is 2.30. The van der Waals surface area contributed by atoms with Gasteiger partial charge in [-0.05, 0) is 48.9 Å². The van der Waals surface area contributed by atoms with E-state index in [2.05, 4.69) is 75.9 Å². The quantitative estimate of drug-likeness (QED) is 0.427. The van der Waals surface area contributed by atoms with Crippen molar-refractivity contribution in [3.05, 3.63) is 77.3 Å². The highest BCUT2D eigenvalue weighted by atomic mass is 35.5. The molecule has 4 aromatic rings. The molecule has 1 aliphatic rings. The second-order valence-electron chi connectivity index (χ2n) is 7.86. The molecule has 0 unspecified atom stereocenters. The Morgan fingerprint density at radius 3 is 2.38 bits per heavy atom. The number of hydrogen-bond donors (Lipinski definition) is 0. The van der Waals surface area contributed by atoms with Gasteiger partial charge in [0.25, 0.3) is 0 Å². The van der Waals surface area contributed by atoms with Gasteiger partial charge in [0, 0.05) is 71.8 Å². The fourth-order valence-corrected chi connectivity index (χ4v) is 4.82. The molecule has 0 atom stereocenters. The summed E-state index contributed by atoms with van der Waals surface area (Å²) in [5.41, 5.74) is 5.29. The molecule has 0 bridgehead atoms. The van der Waals surface area contributed by atoms with Crippen LogP contribution in [0.25, 0.3) is 21.8 Å². The first-order chi connectivity index (χ1) is 14.2. The van der Waals surface area contributed by atoms with Crippen LogP contribution in [0.3, 0.4) is 0 Å². The third kappa shape index (κ3) is 3.50. The molecule has 148 valence electrons. The molecule has 2 heterocycles. The van der Waals surface area contributed by atoms with Crippen LogP contribution in [0.2, 0.25) is 5.02 Å². The first-order valence-electron chi connectivity index (χ1n) is 10.5. The topological polar surface area (TPSA) is 11.4 Å². The molecular formula is C25H26ClN3. The van der Waals surface area contributed by atoms with Crippen molar-refractivity contribution in [2.24, 2.45) is 0 Å². The van der Waals surface area contributed by atoms with Crippen LogP contribution in [0.5, 0.6) is 0 Å². The van der Waals surface area contributed by atoms with Crippen molar-refractivity contribution >= 4 is 39.1 Å². The molecule has 1 aliphatic heterocycles. The fraction of sp³-hybridized carbons (Fsp3) is 0.280. The van der Waals surface area contributed by atoms with E-state index in [4.69, 9.17) is 11.6 Å². The van der Waals surface area contributed by atoms with E-state index in [-0.39, 0.29) is 0 Å². The number of para-hydroxylation sites is 1. The molecule has 3 aromatic carbocycles. The molecule has 5 rings (SSSR count). The second kappa shape index (κ2) is 7.74. The van der Waals surface area contributed by atoms with Gasteiger partial charge in [-0.3, -0.25) is 4.90 Å². The smallest absolute Gasteiger partial charge is 0.0491 e. The molecule has 0 saturated carbocycles. The summed E-state index contributed by atoms with van der Waals surface area (Å²) in [5.74, 6) is 0. The van der Waals surface area contributed by atoms with Gasteiger partial charge in [-0.1, -0.05) is 41.9 Å². The van der Waals surface area contributed by atoms with Crippen molar-refractivity contribution in [1.82, 2.24) is 9.47 Å². The Labute approximate surface area is 177 Å². The van der Waals surface area contributed by atoms with E-state index < -0.39 is 0 Å². The number of halogens is 1. The lowest BCUT2D eigenvalue weighted by molar-refractivity contribution is 0.250. The monoisotopic (exact) mass is 403 g/mol. The fourth-order valence-electron chi connectivity index (χ4n) is 4.64. The summed E-state index contributed by atoms with van der Waals surface area (Å²) in [4.78, 5) is 4.99. The number of aromatic nitrogens is 1. The zero-order valence-corrected chi connectivity index (χ0v) is 17.6. The summed E-state index contributed by atoms with van der Waals surface area (Å²) in [5, 5.41) is 3.54. The van der Waals surface area contributed by atoms with Crippen molar-refractivity contribution in [3.63, 3.8) is 0 Å². The molecular weight excluding hydrogens is 378 g/mol. The average molecular weight is 404 g/mol. The molecule has 4 heteroatoms. The first kappa shape index (κ1) is 18.5. The predicted octanol–water partition coefficient (Wildman–Crippen LogP) is 5.79. The molecule has 1 saturated heterocycles. The van der Waals surface area contributed by atoms with Gasteiger partial charge >= 0.3 is 0 Å². The lowest BCUT2D eigenvalue weighted by Gasteiger charge is -2.36. The van der Waals surface area contributed by atoms with E-state index in [1.54, 1.807) is 0 Å². The first-order valence-corrected chi connectivity index (χ1v) is 10.8. The number of nitrogens with zero attached hydrogens (tertiary/aromatic N) is 3. The number of piperazine rings is 1. The maximum atomic E-state index is 6.16. The van der Waals surface area contributed by atoms with Crippen molar-refractivity contribution in [3.8, 4) is 0 Å². The van der Waals surface area contributed by atoms with Crippen molar-refractivity contribution < 1.29 is 0 Å². The molecule has 0 radical (unpaired) electrons. The van der Waals surface area contributed by atoms with Crippen LogP contribution >= 0.6 is 11.6 Å². The van der Waals surface area contributed by atoms with Gasteiger partial charge in [-0.2, -0.15) is 0 Å². The predicted molar refractivity (Wildman–Crippen MR) is 124 cm³/mol. The zero-order chi connectivity index (χ0) is 19.8. The van der Waals surface area contributed by atoms with Crippen LogP contribution in [-0.2, 0) is 13.1 Å². The van der Waals surface area contributed by atoms with Crippen molar-refractivity contribution in [2.75, 3.05) is 31.1 Å². The Morgan fingerprint density at radius 1 is 0.793 bits per heavy atom. The lowest BCUT2D eigenvalue weighted by atomic mass is 10.1. The van der Waals surface area contributed by atoms with E-state index in [1.807, 2.05) is 12.1 Å². The Kier molecular flexibility index (Phi) is 4.94. The van der Waals surface area contributed by atoms with E-state index in [9.17, 15) is 0 Å². The minimum atomic E-state index is 0.810. The highest BCUT2D eigenvalue weighted by Gasteiger charge is 2.18. The molecule has 3 nitrogen and oxygen atoms in total. The van der Waals surface area contributed by atoms with Crippen LogP contribution in [0, 0.1) is 0 Å². The third-order valence-corrected chi connectivity index (χ3v) is 6.34. The summed E-state index contributed by atoms with van der Waals surface area (Å²) in [6.45, 7) is 8.44. The second-order valence-corrected chi connectivity index (χ2v) is 8.29. The van der Waals surface area contributed by atoms with E-state index in [0.717, 1.165) is 44.3 Å². The minimum absolute atomic E-state index is 0.810. The molecule has 0 spiro atoms. The van der Waals surface area contributed by atoms with Crippen LogP contribution in [0.15, 0.2) is 66.7 Å².